The summed E-state index contributed by atoms with van der Waals surface area (Å²) in [5.41, 5.74) is 2.43. The molecule has 2 aliphatic rings. The quantitative estimate of drug-likeness (QED) is 0.764. The van der Waals surface area contributed by atoms with Crippen LogP contribution in [-0.4, -0.2) is 65.8 Å². The van der Waals surface area contributed by atoms with E-state index < -0.39 is 5.79 Å². The van der Waals surface area contributed by atoms with Crippen molar-refractivity contribution in [2.45, 2.75) is 32.0 Å². The van der Waals surface area contributed by atoms with Crippen molar-refractivity contribution in [3.63, 3.8) is 0 Å². The number of anilines is 1. The minimum absolute atomic E-state index is 0.102. The van der Waals surface area contributed by atoms with E-state index in [0.29, 0.717) is 39.3 Å². The van der Waals surface area contributed by atoms with E-state index in [9.17, 15) is 4.79 Å². The molecule has 2 saturated heterocycles. The SMILES string of the molecule is Cc1ccc(Cc2nsc(N(C)CC(=O)N3CCC4(CC3)OCCO4)n2)cc1. The van der Waals surface area contributed by atoms with Gasteiger partial charge in [-0.25, -0.2) is 4.98 Å². The fraction of sp³-hybridized carbons (Fsp3) is 0.550. The maximum atomic E-state index is 12.7. The maximum absolute atomic E-state index is 12.7. The van der Waals surface area contributed by atoms with E-state index in [1.165, 1.54) is 22.7 Å². The van der Waals surface area contributed by atoms with E-state index in [1.807, 2.05) is 16.8 Å². The molecule has 28 heavy (non-hydrogen) atoms. The number of aryl methyl sites for hydroxylation is 1. The van der Waals surface area contributed by atoms with Crippen LogP contribution in [0.1, 0.15) is 29.8 Å². The number of aromatic nitrogens is 2. The van der Waals surface area contributed by atoms with Crippen molar-refractivity contribution >= 4 is 22.6 Å². The van der Waals surface area contributed by atoms with Crippen LogP contribution in [0.15, 0.2) is 24.3 Å². The van der Waals surface area contributed by atoms with Gasteiger partial charge in [-0.3, -0.25) is 4.79 Å². The van der Waals surface area contributed by atoms with E-state index in [-0.39, 0.29) is 5.91 Å². The van der Waals surface area contributed by atoms with Gasteiger partial charge in [-0.2, -0.15) is 4.37 Å². The molecule has 1 aromatic heterocycles. The number of amides is 1. The first-order valence-corrected chi connectivity index (χ1v) is 10.5. The van der Waals surface area contributed by atoms with Crippen molar-refractivity contribution < 1.29 is 14.3 Å². The van der Waals surface area contributed by atoms with E-state index in [1.54, 1.807) is 0 Å². The third-order valence-corrected chi connectivity index (χ3v) is 6.20. The van der Waals surface area contributed by atoms with Crippen LogP contribution in [-0.2, 0) is 20.7 Å². The molecule has 0 aliphatic carbocycles. The molecule has 0 atom stereocenters. The fourth-order valence-electron chi connectivity index (χ4n) is 3.61. The van der Waals surface area contributed by atoms with Crippen LogP contribution in [0.4, 0.5) is 5.13 Å². The Balaban J connectivity index is 1.30. The van der Waals surface area contributed by atoms with E-state index >= 15 is 0 Å². The highest BCUT2D eigenvalue weighted by Gasteiger charge is 2.40. The second-order valence-corrected chi connectivity index (χ2v) is 8.23. The number of piperidine rings is 1. The predicted octanol–water partition coefficient (Wildman–Crippen LogP) is 2.24. The molecule has 150 valence electrons. The van der Waals surface area contributed by atoms with E-state index in [2.05, 4.69) is 40.5 Å². The van der Waals surface area contributed by atoms with Gasteiger partial charge in [-0.1, -0.05) is 29.8 Å². The van der Waals surface area contributed by atoms with Crippen LogP contribution < -0.4 is 4.90 Å². The van der Waals surface area contributed by atoms with Gasteiger partial charge >= 0.3 is 0 Å². The minimum atomic E-state index is -0.452. The summed E-state index contributed by atoms with van der Waals surface area (Å²) >= 11 is 1.34. The summed E-state index contributed by atoms with van der Waals surface area (Å²) in [5.74, 6) is 0.441. The number of rotatable bonds is 5. The lowest BCUT2D eigenvalue weighted by Crippen LogP contribution is -2.49. The molecule has 0 unspecified atom stereocenters. The first kappa shape index (κ1) is 19.3. The number of carbonyl (C=O) groups is 1. The van der Waals surface area contributed by atoms with Gasteiger partial charge in [0.2, 0.25) is 11.0 Å². The topological polar surface area (TPSA) is 67.8 Å². The summed E-state index contributed by atoms with van der Waals surface area (Å²) in [6.07, 6.45) is 2.18. The highest BCUT2D eigenvalue weighted by atomic mass is 32.1. The Bertz CT molecular complexity index is 807. The standard InChI is InChI=1S/C20H26N4O3S/c1-15-3-5-16(6-4-15)13-17-21-19(28-22-17)23(2)14-18(25)24-9-7-20(8-10-24)26-11-12-27-20/h3-6H,7-14H2,1-2H3. The Morgan fingerprint density at radius 1 is 1.21 bits per heavy atom. The van der Waals surface area contributed by atoms with Gasteiger partial charge in [0.1, 0.15) is 5.82 Å². The van der Waals surface area contributed by atoms with Gasteiger partial charge in [0.25, 0.3) is 0 Å². The third kappa shape index (κ3) is 4.34. The number of likely N-dealkylation sites (N-methyl/N-ethyl adjacent to an activating group) is 1. The maximum Gasteiger partial charge on any atom is 0.242 e. The molecule has 2 fully saturated rings. The lowest BCUT2D eigenvalue weighted by molar-refractivity contribution is -0.187. The molecule has 1 spiro atoms. The third-order valence-electron chi connectivity index (χ3n) is 5.33. The molecule has 4 rings (SSSR count). The van der Waals surface area contributed by atoms with E-state index in [4.69, 9.17) is 9.47 Å². The summed E-state index contributed by atoms with van der Waals surface area (Å²) in [6, 6.07) is 8.39. The van der Waals surface area contributed by atoms with Crippen molar-refractivity contribution in [2.75, 3.05) is 44.8 Å². The van der Waals surface area contributed by atoms with Gasteiger partial charge in [-0.15, -0.1) is 0 Å². The van der Waals surface area contributed by atoms with Crippen LogP contribution in [0, 0.1) is 6.92 Å². The molecule has 1 aromatic carbocycles. The number of nitrogens with zero attached hydrogens (tertiary/aromatic N) is 4. The smallest absolute Gasteiger partial charge is 0.242 e. The van der Waals surface area contributed by atoms with Crippen molar-refractivity contribution in [1.29, 1.82) is 0 Å². The highest BCUT2D eigenvalue weighted by molar-refractivity contribution is 7.09. The molecule has 0 saturated carbocycles. The minimum Gasteiger partial charge on any atom is -0.347 e. The molecule has 0 bridgehead atoms. The van der Waals surface area contributed by atoms with Gasteiger partial charge in [0.05, 0.1) is 19.8 Å². The summed E-state index contributed by atoms with van der Waals surface area (Å²) < 4.78 is 15.9. The average Bonchev–Trinajstić information content (AvgIpc) is 3.34. The van der Waals surface area contributed by atoms with Gasteiger partial charge in [0.15, 0.2) is 5.79 Å². The van der Waals surface area contributed by atoms with Crippen LogP contribution in [0.2, 0.25) is 0 Å². The second-order valence-electron chi connectivity index (χ2n) is 7.50. The lowest BCUT2D eigenvalue weighted by atomic mass is 10.0. The van der Waals surface area contributed by atoms with Crippen LogP contribution >= 0.6 is 11.5 Å². The van der Waals surface area contributed by atoms with Crippen LogP contribution in [0.5, 0.6) is 0 Å². The molecular weight excluding hydrogens is 376 g/mol. The number of benzene rings is 1. The Labute approximate surface area is 169 Å². The average molecular weight is 403 g/mol. The molecular formula is C20H26N4O3S. The number of hydrogen-bond donors (Lipinski definition) is 0. The molecule has 0 N–H and O–H groups in total. The largest absolute Gasteiger partial charge is 0.347 e. The lowest BCUT2D eigenvalue weighted by Gasteiger charge is -2.38. The highest BCUT2D eigenvalue weighted by Crippen LogP contribution is 2.31. The molecule has 7 nitrogen and oxygen atoms in total. The zero-order valence-corrected chi connectivity index (χ0v) is 17.2. The van der Waals surface area contributed by atoms with Crippen LogP contribution in [0.25, 0.3) is 0 Å². The van der Waals surface area contributed by atoms with Crippen molar-refractivity contribution in [3.8, 4) is 0 Å². The number of hydrogen-bond acceptors (Lipinski definition) is 7. The molecule has 3 heterocycles. The zero-order valence-electron chi connectivity index (χ0n) is 16.4. The Hall–Kier alpha value is -2.03. The van der Waals surface area contributed by atoms with Crippen LogP contribution in [0.3, 0.4) is 0 Å². The molecule has 8 heteroatoms. The second kappa shape index (κ2) is 8.14. The molecule has 1 amide bonds. The number of ether oxygens (including phenoxy) is 2. The number of carbonyl (C=O) groups excluding carboxylic acids is 1. The Morgan fingerprint density at radius 2 is 1.89 bits per heavy atom. The first-order chi connectivity index (χ1) is 13.5. The summed E-state index contributed by atoms with van der Waals surface area (Å²) in [4.78, 5) is 21.1. The van der Waals surface area contributed by atoms with E-state index in [0.717, 1.165) is 23.8 Å². The Morgan fingerprint density at radius 3 is 2.57 bits per heavy atom. The number of likely N-dealkylation sites (tertiary alicyclic amines) is 1. The zero-order chi connectivity index (χ0) is 19.6. The Kier molecular flexibility index (Phi) is 5.61. The van der Waals surface area contributed by atoms with Crippen molar-refractivity contribution in [2.24, 2.45) is 0 Å². The first-order valence-electron chi connectivity index (χ1n) is 9.68. The molecule has 2 aliphatic heterocycles. The monoisotopic (exact) mass is 402 g/mol. The normalized spacial score (nSPS) is 18.6. The summed E-state index contributed by atoms with van der Waals surface area (Å²) in [5, 5.41) is 0.770. The summed E-state index contributed by atoms with van der Waals surface area (Å²) in [7, 11) is 1.89. The van der Waals surface area contributed by atoms with Crippen molar-refractivity contribution in [3.05, 3.63) is 41.2 Å². The van der Waals surface area contributed by atoms with Gasteiger partial charge in [-0.05, 0) is 12.5 Å². The predicted molar refractivity (Wildman–Crippen MR) is 108 cm³/mol. The summed E-state index contributed by atoms with van der Waals surface area (Å²) in [6.45, 7) is 5.01. The van der Waals surface area contributed by atoms with Crippen molar-refractivity contribution in [1.82, 2.24) is 14.3 Å². The fourth-order valence-corrected chi connectivity index (χ4v) is 4.26. The van der Waals surface area contributed by atoms with Gasteiger partial charge in [0, 0.05) is 50.9 Å². The van der Waals surface area contributed by atoms with Gasteiger partial charge < -0.3 is 19.3 Å². The molecule has 2 aromatic rings. The molecule has 0 radical (unpaired) electrons.